The maximum Gasteiger partial charge on any atom is 0.305 e. The van der Waals surface area contributed by atoms with E-state index in [1.165, 1.54) is 308 Å². The summed E-state index contributed by atoms with van der Waals surface area (Å²) in [6.45, 7) is 4.97. The fourth-order valence-electron chi connectivity index (χ4n) is 10.6. The van der Waals surface area contributed by atoms with Crippen molar-refractivity contribution in [2.24, 2.45) is 0 Å². The quantitative estimate of drug-likeness (QED) is 0.0417. The van der Waals surface area contributed by atoms with Crippen LogP contribution in [-0.4, -0.2) is 47.4 Å². The van der Waals surface area contributed by atoms with Crippen molar-refractivity contribution in [2.45, 2.75) is 392 Å². The standard InChI is InChI=1S/C65H129NO5/c1-3-5-7-9-11-13-37-41-45-49-53-57-63(68)62(61-67)66-64(69)58-54-50-46-42-39-35-33-31-29-27-25-23-21-19-17-15-16-18-20-22-24-26-28-30-32-34-36-40-44-48-52-56-60-71-65(70)59-55-51-47-43-38-14-12-10-8-6-4-2/h62-63,67-68H,3-61H2,1-2H3,(H,66,69). The average molecular weight is 1000 g/mol. The van der Waals surface area contributed by atoms with E-state index < -0.39 is 12.1 Å². The molecule has 0 aromatic carbocycles. The van der Waals surface area contributed by atoms with Gasteiger partial charge in [-0.25, -0.2) is 0 Å². The number of unbranched alkanes of at least 4 members (excludes halogenated alkanes) is 51. The summed E-state index contributed by atoms with van der Waals surface area (Å²) in [7, 11) is 0. The van der Waals surface area contributed by atoms with E-state index in [1.54, 1.807) is 0 Å². The normalized spacial score (nSPS) is 12.5. The van der Waals surface area contributed by atoms with Gasteiger partial charge in [-0.15, -0.1) is 0 Å². The third kappa shape index (κ3) is 58.0. The van der Waals surface area contributed by atoms with E-state index in [9.17, 15) is 19.8 Å². The van der Waals surface area contributed by atoms with Crippen LogP contribution in [0.2, 0.25) is 0 Å². The zero-order chi connectivity index (χ0) is 51.4. The van der Waals surface area contributed by atoms with Gasteiger partial charge in [0.2, 0.25) is 5.91 Å². The molecule has 71 heavy (non-hydrogen) atoms. The lowest BCUT2D eigenvalue weighted by molar-refractivity contribution is -0.143. The first-order valence-corrected chi connectivity index (χ1v) is 32.8. The van der Waals surface area contributed by atoms with Gasteiger partial charge in [0.25, 0.3) is 0 Å². The van der Waals surface area contributed by atoms with Gasteiger partial charge in [0.05, 0.1) is 25.4 Å². The summed E-state index contributed by atoms with van der Waals surface area (Å²) in [5.41, 5.74) is 0. The minimum Gasteiger partial charge on any atom is -0.466 e. The van der Waals surface area contributed by atoms with Crippen molar-refractivity contribution in [3.8, 4) is 0 Å². The van der Waals surface area contributed by atoms with Gasteiger partial charge in [-0.3, -0.25) is 9.59 Å². The minimum absolute atomic E-state index is 0.0216. The molecular formula is C65H129NO5. The van der Waals surface area contributed by atoms with Gasteiger partial charge in [0, 0.05) is 12.8 Å². The van der Waals surface area contributed by atoms with E-state index in [0.29, 0.717) is 25.9 Å². The van der Waals surface area contributed by atoms with E-state index >= 15 is 0 Å². The number of rotatable bonds is 62. The van der Waals surface area contributed by atoms with Crippen molar-refractivity contribution < 1.29 is 24.5 Å². The van der Waals surface area contributed by atoms with Crippen LogP contribution >= 0.6 is 0 Å². The molecule has 0 spiro atoms. The summed E-state index contributed by atoms with van der Waals surface area (Å²) in [4.78, 5) is 24.5. The monoisotopic (exact) mass is 1000 g/mol. The molecule has 0 heterocycles. The largest absolute Gasteiger partial charge is 0.466 e. The lowest BCUT2D eigenvalue weighted by atomic mass is 10.0. The summed E-state index contributed by atoms with van der Waals surface area (Å²) in [6, 6.07) is -0.535. The number of carbonyl (C=O) groups is 2. The summed E-state index contributed by atoms with van der Waals surface area (Å²) >= 11 is 0. The van der Waals surface area contributed by atoms with Crippen molar-refractivity contribution in [3.05, 3.63) is 0 Å². The Balaban J connectivity index is 3.29. The summed E-state index contributed by atoms with van der Waals surface area (Å²) in [5, 5.41) is 23.2. The minimum atomic E-state index is -0.658. The number of hydrogen-bond donors (Lipinski definition) is 3. The fourth-order valence-corrected chi connectivity index (χ4v) is 10.6. The Bertz CT molecular complexity index is 1020. The number of hydrogen-bond acceptors (Lipinski definition) is 5. The molecule has 6 nitrogen and oxygen atoms in total. The highest BCUT2D eigenvalue weighted by Crippen LogP contribution is 2.19. The van der Waals surface area contributed by atoms with Gasteiger partial charge < -0.3 is 20.3 Å². The first-order valence-electron chi connectivity index (χ1n) is 32.8. The van der Waals surface area contributed by atoms with Crippen molar-refractivity contribution >= 4 is 11.9 Å². The average Bonchev–Trinajstić information content (AvgIpc) is 3.37. The maximum absolute atomic E-state index is 12.5. The van der Waals surface area contributed by atoms with Crippen LogP contribution in [0, 0.1) is 0 Å². The van der Waals surface area contributed by atoms with Gasteiger partial charge in [-0.1, -0.05) is 341 Å². The molecule has 6 heteroatoms. The molecule has 0 aliphatic heterocycles. The Kier molecular flexibility index (Phi) is 60.4. The second kappa shape index (κ2) is 61.4. The zero-order valence-corrected chi connectivity index (χ0v) is 48.5. The van der Waals surface area contributed by atoms with Crippen LogP contribution in [-0.2, 0) is 14.3 Å². The molecule has 0 aliphatic carbocycles. The molecule has 0 aromatic heterocycles. The lowest BCUT2D eigenvalue weighted by Gasteiger charge is -2.22. The first kappa shape index (κ1) is 69.9. The van der Waals surface area contributed by atoms with Crippen molar-refractivity contribution in [1.82, 2.24) is 5.32 Å². The molecule has 3 N–H and O–H groups in total. The fraction of sp³-hybridized carbons (Fsp3) is 0.969. The Morgan fingerprint density at radius 2 is 0.577 bits per heavy atom. The van der Waals surface area contributed by atoms with Crippen LogP contribution in [0.1, 0.15) is 380 Å². The number of nitrogens with one attached hydrogen (secondary N) is 1. The van der Waals surface area contributed by atoms with E-state index in [1.807, 2.05) is 0 Å². The van der Waals surface area contributed by atoms with Crippen molar-refractivity contribution in [1.29, 1.82) is 0 Å². The molecule has 424 valence electrons. The van der Waals surface area contributed by atoms with Crippen LogP contribution in [0.25, 0.3) is 0 Å². The summed E-state index contributed by atoms with van der Waals surface area (Å²) in [5.74, 6) is -0.00748. The van der Waals surface area contributed by atoms with Crippen molar-refractivity contribution in [3.63, 3.8) is 0 Å². The molecule has 0 saturated heterocycles. The predicted octanol–water partition coefficient (Wildman–Crippen LogP) is 20.6. The maximum atomic E-state index is 12.5. The van der Waals surface area contributed by atoms with Gasteiger partial charge in [-0.2, -0.15) is 0 Å². The molecule has 0 aromatic rings. The number of aliphatic hydroxyl groups is 2. The molecule has 0 aliphatic rings. The van der Waals surface area contributed by atoms with Gasteiger partial charge >= 0.3 is 5.97 Å². The highest BCUT2D eigenvalue weighted by molar-refractivity contribution is 5.76. The second-order valence-corrected chi connectivity index (χ2v) is 22.8. The number of esters is 1. The first-order chi connectivity index (χ1) is 35.0. The summed E-state index contributed by atoms with van der Waals surface area (Å²) in [6.07, 6.45) is 72.9. The second-order valence-electron chi connectivity index (χ2n) is 22.8. The van der Waals surface area contributed by atoms with Crippen molar-refractivity contribution in [2.75, 3.05) is 13.2 Å². The van der Waals surface area contributed by atoms with E-state index in [2.05, 4.69) is 19.2 Å². The Hall–Kier alpha value is -1.14. The third-order valence-corrected chi connectivity index (χ3v) is 15.7. The molecule has 0 saturated carbocycles. The topological polar surface area (TPSA) is 95.9 Å². The zero-order valence-electron chi connectivity index (χ0n) is 48.5. The van der Waals surface area contributed by atoms with E-state index in [0.717, 1.165) is 38.5 Å². The van der Waals surface area contributed by atoms with Crippen LogP contribution in [0.3, 0.4) is 0 Å². The summed E-state index contributed by atoms with van der Waals surface area (Å²) < 4.78 is 5.47. The SMILES string of the molecule is CCCCCCCCCCCCCC(=O)OCCCCCCCCCCCCCCCCCCCCCCCCCCCCCCCCCCC(=O)NC(CO)C(O)CCCCCCCCCCCCC. The van der Waals surface area contributed by atoms with Crippen LogP contribution < -0.4 is 5.32 Å². The number of amides is 1. The Morgan fingerprint density at radius 3 is 0.859 bits per heavy atom. The Morgan fingerprint density at radius 1 is 0.338 bits per heavy atom. The highest BCUT2D eigenvalue weighted by atomic mass is 16.5. The van der Waals surface area contributed by atoms with Crippen LogP contribution in [0.5, 0.6) is 0 Å². The molecule has 2 atom stereocenters. The lowest BCUT2D eigenvalue weighted by Crippen LogP contribution is -2.45. The molecule has 0 radical (unpaired) electrons. The smallest absolute Gasteiger partial charge is 0.305 e. The molecule has 0 bridgehead atoms. The molecule has 0 fully saturated rings. The highest BCUT2D eigenvalue weighted by Gasteiger charge is 2.20. The van der Waals surface area contributed by atoms with E-state index in [-0.39, 0.29) is 18.5 Å². The molecule has 2 unspecified atom stereocenters. The molecular weight excluding hydrogens is 875 g/mol. The number of aliphatic hydroxyl groups excluding tert-OH is 2. The van der Waals surface area contributed by atoms with E-state index in [4.69, 9.17) is 4.74 Å². The molecule has 1 amide bonds. The number of ether oxygens (including phenoxy) is 1. The van der Waals surface area contributed by atoms with Crippen LogP contribution in [0.15, 0.2) is 0 Å². The van der Waals surface area contributed by atoms with Gasteiger partial charge in [0.1, 0.15) is 0 Å². The third-order valence-electron chi connectivity index (χ3n) is 15.7. The Labute approximate surface area is 445 Å². The molecule has 0 rings (SSSR count). The number of carbonyl (C=O) groups excluding carboxylic acids is 2. The predicted molar refractivity (Wildman–Crippen MR) is 310 cm³/mol. The van der Waals surface area contributed by atoms with Gasteiger partial charge in [0.15, 0.2) is 0 Å². The van der Waals surface area contributed by atoms with Gasteiger partial charge in [-0.05, 0) is 25.7 Å². The van der Waals surface area contributed by atoms with Crippen LogP contribution in [0.4, 0.5) is 0 Å².